The quantitative estimate of drug-likeness (QED) is 0.835. The lowest BCUT2D eigenvalue weighted by molar-refractivity contribution is -0.158. The Hall–Kier alpha value is -0.800. The van der Waals surface area contributed by atoms with Crippen molar-refractivity contribution in [2.45, 2.75) is 44.5 Å². The van der Waals surface area contributed by atoms with E-state index in [1.165, 1.54) is 6.07 Å². The Morgan fingerprint density at radius 1 is 1.53 bits per heavy atom. The van der Waals surface area contributed by atoms with E-state index in [9.17, 15) is 13.2 Å². The Bertz CT molecular complexity index is 296. The van der Waals surface area contributed by atoms with Crippen molar-refractivity contribution in [1.82, 2.24) is 5.32 Å². The number of nitrogens with one attached hydrogen (secondary N) is 1. The highest BCUT2D eigenvalue weighted by Crippen LogP contribution is 2.27. The lowest BCUT2D eigenvalue weighted by atomic mass is 9.93. The Labute approximate surface area is 98.9 Å². The molecule has 1 saturated heterocycles. The fourth-order valence-corrected chi connectivity index (χ4v) is 1.93. The molecule has 1 fully saturated rings. The first-order valence-corrected chi connectivity index (χ1v) is 5.58. The highest BCUT2D eigenvalue weighted by atomic mass is 19.4. The largest absolute Gasteiger partial charge is 0.405 e. The second-order valence-corrected chi connectivity index (χ2v) is 4.93. The van der Waals surface area contributed by atoms with E-state index in [0.29, 0.717) is 19.4 Å². The summed E-state index contributed by atoms with van der Waals surface area (Å²) >= 11 is 0. The number of rotatable bonds is 3. The van der Waals surface area contributed by atoms with Gasteiger partial charge in [0.2, 0.25) is 0 Å². The van der Waals surface area contributed by atoms with Crippen molar-refractivity contribution in [3.8, 4) is 6.07 Å². The van der Waals surface area contributed by atoms with Crippen molar-refractivity contribution in [2.24, 2.45) is 5.92 Å². The van der Waals surface area contributed by atoms with Gasteiger partial charge in [0.25, 0.3) is 0 Å². The molecule has 0 aromatic rings. The molecule has 0 saturated carbocycles. The maximum Gasteiger partial charge on any atom is 0.405 e. The number of ether oxygens (including phenoxy) is 1. The minimum Gasteiger partial charge on any atom is -0.375 e. The minimum atomic E-state index is -4.46. The molecule has 0 bridgehead atoms. The van der Waals surface area contributed by atoms with Crippen molar-refractivity contribution in [1.29, 1.82) is 5.26 Å². The average molecular weight is 250 g/mol. The summed E-state index contributed by atoms with van der Waals surface area (Å²) in [6.45, 7) is 4.01. The topological polar surface area (TPSA) is 45.0 Å². The zero-order valence-electron chi connectivity index (χ0n) is 9.97. The monoisotopic (exact) mass is 250 g/mol. The summed E-state index contributed by atoms with van der Waals surface area (Å²) in [5.74, 6) is -1.94. The van der Waals surface area contributed by atoms with Gasteiger partial charge in [-0.25, -0.2) is 0 Å². The highest BCUT2D eigenvalue weighted by molar-refractivity contribution is 4.92. The molecule has 3 nitrogen and oxygen atoms in total. The first-order valence-electron chi connectivity index (χ1n) is 5.58. The van der Waals surface area contributed by atoms with Crippen molar-refractivity contribution >= 4 is 0 Å². The molecular formula is C11H17F3N2O. The van der Waals surface area contributed by atoms with E-state index in [-0.39, 0.29) is 18.2 Å². The summed E-state index contributed by atoms with van der Waals surface area (Å²) in [5.41, 5.74) is -0.309. The van der Waals surface area contributed by atoms with Crippen molar-refractivity contribution in [3.63, 3.8) is 0 Å². The molecule has 1 rings (SSSR count). The van der Waals surface area contributed by atoms with E-state index < -0.39 is 12.1 Å². The first-order chi connectivity index (χ1) is 7.74. The van der Waals surface area contributed by atoms with Gasteiger partial charge in [-0.2, -0.15) is 18.4 Å². The number of halogens is 3. The fourth-order valence-electron chi connectivity index (χ4n) is 1.93. The van der Waals surface area contributed by atoms with Crippen molar-refractivity contribution in [2.75, 3.05) is 13.2 Å². The Morgan fingerprint density at radius 3 is 2.65 bits per heavy atom. The molecule has 17 heavy (non-hydrogen) atoms. The minimum absolute atomic E-state index is 0.0167. The molecule has 98 valence electrons. The molecule has 6 heteroatoms. The predicted molar refractivity (Wildman–Crippen MR) is 56.2 cm³/mol. The van der Waals surface area contributed by atoms with Gasteiger partial charge in [0, 0.05) is 19.2 Å². The molecular weight excluding hydrogens is 233 g/mol. The zero-order valence-corrected chi connectivity index (χ0v) is 9.97. The van der Waals surface area contributed by atoms with Gasteiger partial charge < -0.3 is 10.1 Å². The summed E-state index contributed by atoms with van der Waals surface area (Å²) in [4.78, 5) is 0. The average Bonchev–Trinajstić information content (AvgIpc) is 2.15. The summed E-state index contributed by atoms with van der Waals surface area (Å²) in [6, 6.07) is 1.27. The Kier molecular flexibility index (Phi) is 4.39. The number of nitrogens with zero attached hydrogens (tertiary/aromatic N) is 1. The van der Waals surface area contributed by atoms with Gasteiger partial charge in [-0.1, -0.05) is 0 Å². The molecule has 1 N–H and O–H groups in total. The molecule has 2 unspecified atom stereocenters. The number of hydrogen-bond acceptors (Lipinski definition) is 3. The molecule has 2 atom stereocenters. The van der Waals surface area contributed by atoms with Gasteiger partial charge >= 0.3 is 6.18 Å². The number of nitriles is 1. The van der Waals surface area contributed by atoms with Crippen LogP contribution in [-0.4, -0.2) is 31.0 Å². The van der Waals surface area contributed by atoms with Gasteiger partial charge in [0.15, 0.2) is 5.92 Å². The third kappa shape index (κ3) is 4.52. The van der Waals surface area contributed by atoms with Crippen LogP contribution in [0.15, 0.2) is 0 Å². The molecule has 0 aromatic heterocycles. The van der Waals surface area contributed by atoms with E-state index in [0.717, 1.165) is 0 Å². The second-order valence-electron chi connectivity index (χ2n) is 4.93. The van der Waals surface area contributed by atoms with Crippen LogP contribution in [0.25, 0.3) is 0 Å². The van der Waals surface area contributed by atoms with Crippen LogP contribution < -0.4 is 5.32 Å². The molecule has 0 aliphatic carbocycles. The summed E-state index contributed by atoms with van der Waals surface area (Å²) in [5, 5.41) is 11.3. The van der Waals surface area contributed by atoms with Crippen LogP contribution in [0.1, 0.15) is 26.7 Å². The lowest BCUT2D eigenvalue weighted by Gasteiger charge is -2.36. The molecule has 1 heterocycles. The van der Waals surface area contributed by atoms with Crippen LogP contribution >= 0.6 is 0 Å². The molecule has 0 spiro atoms. The third-order valence-electron chi connectivity index (χ3n) is 2.86. The van der Waals surface area contributed by atoms with Gasteiger partial charge in [-0.05, 0) is 26.7 Å². The SMILES string of the molecule is CC1(C)CC(NCC(C#N)C(F)(F)F)CCO1. The van der Waals surface area contributed by atoms with Crippen LogP contribution in [0, 0.1) is 17.2 Å². The Balaban J connectivity index is 2.43. The molecule has 1 aliphatic heterocycles. The van der Waals surface area contributed by atoms with E-state index >= 15 is 0 Å². The maximum atomic E-state index is 12.3. The van der Waals surface area contributed by atoms with Gasteiger partial charge in [0.1, 0.15) is 0 Å². The summed E-state index contributed by atoms with van der Waals surface area (Å²) < 4.78 is 42.5. The normalized spacial score (nSPS) is 26.2. The first kappa shape index (κ1) is 14.3. The van der Waals surface area contributed by atoms with E-state index in [1.54, 1.807) is 0 Å². The molecule has 1 aliphatic rings. The lowest BCUT2D eigenvalue weighted by Crippen LogP contribution is -2.46. The molecule has 0 radical (unpaired) electrons. The standard InChI is InChI=1S/C11H17F3N2O/c1-10(2)5-9(3-4-17-10)16-7-8(6-15)11(12,13)14/h8-9,16H,3-5,7H2,1-2H3. The number of alkyl halides is 3. The number of hydrogen-bond donors (Lipinski definition) is 1. The van der Waals surface area contributed by atoms with Crippen LogP contribution in [0.2, 0.25) is 0 Å². The van der Waals surface area contributed by atoms with Gasteiger partial charge in [-0.3, -0.25) is 0 Å². The van der Waals surface area contributed by atoms with Crippen LogP contribution in [0.5, 0.6) is 0 Å². The van der Waals surface area contributed by atoms with Crippen molar-refractivity contribution < 1.29 is 17.9 Å². The van der Waals surface area contributed by atoms with Gasteiger partial charge in [0.05, 0.1) is 11.7 Å². The van der Waals surface area contributed by atoms with E-state index in [1.807, 2.05) is 13.8 Å². The van der Waals surface area contributed by atoms with Crippen LogP contribution in [0.4, 0.5) is 13.2 Å². The summed E-state index contributed by atoms with van der Waals surface area (Å²) in [6.07, 6.45) is -3.12. The zero-order chi connectivity index (χ0) is 13.1. The second kappa shape index (κ2) is 5.23. The van der Waals surface area contributed by atoms with Crippen LogP contribution in [0.3, 0.4) is 0 Å². The smallest absolute Gasteiger partial charge is 0.375 e. The fraction of sp³-hybridized carbons (Fsp3) is 0.909. The van der Waals surface area contributed by atoms with Crippen molar-refractivity contribution in [3.05, 3.63) is 0 Å². The maximum absolute atomic E-state index is 12.3. The molecule has 0 aromatic carbocycles. The van der Waals surface area contributed by atoms with E-state index in [4.69, 9.17) is 10.00 Å². The highest BCUT2D eigenvalue weighted by Gasteiger charge is 2.40. The summed E-state index contributed by atoms with van der Waals surface area (Å²) in [7, 11) is 0. The molecule has 0 amide bonds. The third-order valence-corrected chi connectivity index (χ3v) is 2.86. The van der Waals surface area contributed by atoms with Crippen LogP contribution in [-0.2, 0) is 4.74 Å². The van der Waals surface area contributed by atoms with Gasteiger partial charge in [-0.15, -0.1) is 0 Å². The predicted octanol–water partition coefficient (Wildman–Crippen LogP) is 2.24. The Morgan fingerprint density at radius 2 is 2.18 bits per heavy atom. The van der Waals surface area contributed by atoms with E-state index in [2.05, 4.69) is 5.32 Å².